The molecule has 0 saturated carbocycles. The van der Waals surface area contributed by atoms with Crippen LogP contribution in [0.3, 0.4) is 0 Å². The topological polar surface area (TPSA) is 98.3 Å². The maximum atomic E-state index is 12.2. The molecule has 1 aromatic heterocycles. The van der Waals surface area contributed by atoms with Gasteiger partial charge < -0.3 is 9.05 Å². The second-order valence-corrected chi connectivity index (χ2v) is 9.24. The van der Waals surface area contributed by atoms with Crippen LogP contribution in [-0.2, 0) is 23.5 Å². The first kappa shape index (κ1) is 18.9. The van der Waals surface area contributed by atoms with Gasteiger partial charge in [-0.1, -0.05) is 34.9 Å². The molecule has 0 saturated heterocycles. The molecule has 7 nitrogen and oxygen atoms in total. The number of carbonyl (C=O) groups excluding carboxylic acids is 1. The van der Waals surface area contributed by atoms with E-state index in [0.29, 0.717) is 33.8 Å². The maximum absolute atomic E-state index is 12.2. The summed E-state index contributed by atoms with van der Waals surface area (Å²) in [5, 5.41) is 18.1. The fourth-order valence-corrected chi connectivity index (χ4v) is 6.07. The van der Waals surface area contributed by atoms with Crippen LogP contribution in [-0.4, -0.2) is 47.0 Å². The molecule has 0 unspecified atom stereocenters. The van der Waals surface area contributed by atoms with Crippen LogP contribution >= 0.6 is 42.5 Å². The summed E-state index contributed by atoms with van der Waals surface area (Å²) in [5.74, 6) is -0.765. The summed E-state index contributed by atoms with van der Waals surface area (Å²) < 4.78 is 23.9. The van der Waals surface area contributed by atoms with Crippen molar-refractivity contribution in [2.45, 2.75) is 22.5 Å². The van der Waals surface area contributed by atoms with Gasteiger partial charge in [0.15, 0.2) is 8.68 Å². The van der Waals surface area contributed by atoms with E-state index in [1.807, 2.05) is 0 Å². The van der Waals surface area contributed by atoms with Gasteiger partial charge in [0, 0.05) is 5.75 Å². The number of rotatable bonds is 11. The number of hydrogen-bond donors (Lipinski definition) is 0. The average molecular weight is 371 g/mol. The number of thioether (sulfide) groups is 2. The van der Waals surface area contributed by atoms with Gasteiger partial charge in [0.25, 0.3) is 0 Å². The lowest BCUT2D eigenvalue weighted by Gasteiger charge is -2.15. The summed E-state index contributed by atoms with van der Waals surface area (Å²) in [5.41, 5.74) is 0. The normalized spacial score (nSPS) is 11.7. The number of aromatic nitrogens is 2. The summed E-state index contributed by atoms with van der Waals surface area (Å²) in [4.78, 5) is 10.3. The van der Waals surface area contributed by atoms with E-state index in [9.17, 15) is 14.5 Å². The van der Waals surface area contributed by atoms with Crippen molar-refractivity contribution >= 4 is 48.4 Å². The molecule has 0 spiro atoms. The standard InChI is InChI=1S/C10H16N2O5PS3/c1-3-16-18(15,17-4-2)5-6-19-9-11-12-10(21-9)20-7-8(13)14/h3-7H2,1-2H3. The monoisotopic (exact) mass is 371 g/mol. The predicted molar refractivity (Wildman–Crippen MR) is 82.8 cm³/mol. The molecular weight excluding hydrogens is 355 g/mol. The Morgan fingerprint density at radius 1 is 1.19 bits per heavy atom. The van der Waals surface area contributed by atoms with Gasteiger partial charge in [0.05, 0.1) is 19.4 Å². The minimum absolute atomic E-state index is 0.150. The fourth-order valence-electron chi connectivity index (χ4n) is 1.24. The van der Waals surface area contributed by atoms with Gasteiger partial charge in [0.1, 0.15) is 5.75 Å². The lowest BCUT2D eigenvalue weighted by atomic mass is 10.8. The molecule has 1 heterocycles. The van der Waals surface area contributed by atoms with E-state index in [4.69, 9.17) is 9.05 Å². The number of carbonyl (C=O) groups is 1. The first-order chi connectivity index (χ1) is 9.99. The van der Waals surface area contributed by atoms with E-state index in [-0.39, 0.29) is 5.75 Å². The zero-order valence-electron chi connectivity index (χ0n) is 11.6. The van der Waals surface area contributed by atoms with Crippen molar-refractivity contribution in [3.8, 4) is 0 Å². The summed E-state index contributed by atoms with van der Waals surface area (Å²) in [6, 6.07) is 0. The Labute approximate surface area is 135 Å². The largest absolute Gasteiger partial charge is 0.365 e. The minimum atomic E-state index is -3.03. The Balaban J connectivity index is 2.41. The Kier molecular flexibility index (Phi) is 8.84. The zero-order valence-corrected chi connectivity index (χ0v) is 15.0. The first-order valence-electron chi connectivity index (χ1n) is 6.16. The fraction of sp³-hybridized carbons (Fsp3) is 0.700. The van der Waals surface area contributed by atoms with Crippen molar-refractivity contribution in [3.05, 3.63) is 0 Å². The van der Waals surface area contributed by atoms with Gasteiger partial charge >= 0.3 is 13.6 Å². The molecule has 0 aliphatic heterocycles. The number of nitrogens with zero attached hydrogens (tertiary/aromatic N) is 2. The molecule has 0 aliphatic rings. The van der Waals surface area contributed by atoms with Gasteiger partial charge in [-0.15, -0.1) is 10.2 Å². The third-order valence-corrected chi connectivity index (χ3v) is 7.49. The molecule has 1 radical (unpaired) electrons. The molecule has 11 heteroatoms. The van der Waals surface area contributed by atoms with Crippen LogP contribution in [0.25, 0.3) is 0 Å². The second kappa shape index (κ2) is 9.81. The average Bonchev–Trinajstić information content (AvgIpc) is 2.85. The number of hydrogen-bond acceptors (Lipinski definition) is 9. The Hall–Kier alpha value is -0.120. The predicted octanol–water partition coefficient (Wildman–Crippen LogP) is 2.95. The third kappa shape index (κ3) is 7.62. The zero-order chi connectivity index (χ0) is 15.7. The summed E-state index contributed by atoms with van der Waals surface area (Å²) in [6.07, 6.45) is 0.292. The molecule has 0 N–H and O–H groups in total. The Bertz CT molecular complexity index is 489. The summed E-state index contributed by atoms with van der Waals surface area (Å²) in [7, 11) is -3.03. The molecule has 0 aliphatic carbocycles. The highest BCUT2D eigenvalue weighted by atomic mass is 32.2. The lowest BCUT2D eigenvalue weighted by Crippen LogP contribution is -2.01. The summed E-state index contributed by atoms with van der Waals surface area (Å²) >= 11 is 3.75. The van der Waals surface area contributed by atoms with Crippen LogP contribution in [0.4, 0.5) is 0 Å². The second-order valence-electron chi connectivity index (χ2n) is 3.51. The first-order valence-corrected chi connectivity index (χ1v) is 10.7. The van der Waals surface area contributed by atoms with Gasteiger partial charge in [-0.3, -0.25) is 4.57 Å². The SMILES string of the molecule is CCOP(=O)(CCSc1nnc(SCC([O])=O)s1)OCC. The molecule has 0 atom stereocenters. The molecule has 0 amide bonds. The van der Waals surface area contributed by atoms with Gasteiger partial charge in [-0.05, 0) is 13.8 Å². The van der Waals surface area contributed by atoms with Crippen molar-refractivity contribution in [3.63, 3.8) is 0 Å². The van der Waals surface area contributed by atoms with E-state index in [1.54, 1.807) is 13.8 Å². The molecule has 0 bridgehead atoms. The van der Waals surface area contributed by atoms with E-state index in [0.717, 1.165) is 11.8 Å². The van der Waals surface area contributed by atoms with Crippen molar-refractivity contribution in [1.82, 2.24) is 10.2 Å². The molecule has 119 valence electrons. The van der Waals surface area contributed by atoms with Crippen LogP contribution < -0.4 is 0 Å². The molecule has 21 heavy (non-hydrogen) atoms. The molecule has 1 rings (SSSR count). The van der Waals surface area contributed by atoms with E-state index in [1.165, 1.54) is 23.1 Å². The highest BCUT2D eigenvalue weighted by Crippen LogP contribution is 2.48. The van der Waals surface area contributed by atoms with Crippen molar-refractivity contribution < 1.29 is 23.5 Å². The summed E-state index contributed by atoms with van der Waals surface area (Å²) in [6.45, 7) is 4.21. The molecule has 1 aromatic rings. The highest BCUT2D eigenvalue weighted by Gasteiger charge is 2.23. The van der Waals surface area contributed by atoms with E-state index in [2.05, 4.69) is 10.2 Å². The van der Waals surface area contributed by atoms with E-state index >= 15 is 0 Å². The molecular formula is C10H16N2O5PS3. The Morgan fingerprint density at radius 3 is 2.29 bits per heavy atom. The van der Waals surface area contributed by atoms with E-state index < -0.39 is 13.6 Å². The Morgan fingerprint density at radius 2 is 1.76 bits per heavy atom. The van der Waals surface area contributed by atoms with Crippen LogP contribution in [0.5, 0.6) is 0 Å². The van der Waals surface area contributed by atoms with Crippen LogP contribution in [0, 0.1) is 0 Å². The maximum Gasteiger partial charge on any atom is 0.365 e. The van der Waals surface area contributed by atoms with Crippen molar-refractivity contribution in [2.24, 2.45) is 0 Å². The quantitative estimate of drug-likeness (QED) is 0.432. The minimum Gasteiger partial charge on any atom is -0.309 e. The van der Waals surface area contributed by atoms with Gasteiger partial charge in [-0.25, -0.2) is 9.90 Å². The highest BCUT2D eigenvalue weighted by molar-refractivity contribution is 8.03. The van der Waals surface area contributed by atoms with Crippen molar-refractivity contribution in [2.75, 3.05) is 30.9 Å². The molecule has 0 fully saturated rings. The lowest BCUT2D eigenvalue weighted by molar-refractivity contribution is -0.139. The van der Waals surface area contributed by atoms with Crippen LogP contribution in [0.2, 0.25) is 0 Å². The van der Waals surface area contributed by atoms with Crippen LogP contribution in [0.15, 0.2) is 8.68 Å². The van der Waals surface area contributed by atoms with Crippen LogP contribution in [0.1, 0.15) is 13.8 Å². The third-order valence-electron chi connectivity index (χ3n) is 1.94. The van der Waals surface area contributed by atoms with Gasteiger partial charge in [0.2, 0.25) is 0 Å². The van der Waals surface area contributed by atoms with Gasteiger partial charge in [-0.2, -0.15) is 0 Å². The van der Waals surface area contributed by atoms with Crippen molar-refractivity contribution in [1.29, 1.82) is 0 Å². The smallest absolute Gasteiger partial charge is 0.309 e. The molecule has 0 aromatic carbocycles.